The van der Waals surface area contributed by atoms with Crippen LogP contribution in [0.1, 0.15) is 29.6 Å². The normalized spacial score (nSPS) is 18.1. The number of amides is 1. The number of hydrogen-bond acceptors (Lipinski definition) is 1. The number of rotatable bonds is 2. The molecule has 1 aliphatic carbocycles. The van der Waals surface area contributed by atoms with Crippen molar-refractivity contribution in [3.63, 3.8) is 0 Å². The molecule has 20 heavy (non-hydrogen) atoms. The summed E-state index contributed by atoms with van der Waals surface area (Å²) < 4.78 is 1.05. The van der Waals surface area contributed by atoms with Crippen LogP contribution in [-0.2, 0) is 0 Å². The first-order valence-corrected chi connectivity index (χ1v) is 7.67. The molecule has 0 radical (unpaired) electrons. The van der Waals surface area contributed by atoms with Crippen molar-refractivity contribution in [2.45, 2.75) is 25.3 Å². The maximum Gasteiger partial charge on any atom is 0.251 e. The number of benzene rings is 2. The van der Waals surface area contributed by atoms with E-state index in [-0.39, 0.29) is 11.9 Å². The molecule has 3 rings (SSSR count). The summed E-state index contributed by atoms with van der Waals surface area (Å²) in [5.74, 6) is 0.0233. The lowest BCUT2D eigenvalue weighted by molar-refractivity contribution is 0.0935. The molecule has 2 aromatic carbocycles. The van der Waals surface area contributed by atoms with Gasteiger partial charge in [0.2, 0.25) is 0 Å². The Bertz CT molecular complexity index is 678. The lowest BCUT2D eigenvalue weighted by Gasteiger charge is -2.19. The molecule has 0 saturated carbocycles. The lowest BCUT2D eigenvalue weighted by atomic mass is 10.0. The highest BCUT2D eigenvalue weighted by Crippen LogP contribution is 2.21. The van der Waals surface area contributed by atoms with E-state index in [0.717, 1.165) is 40.1 Å². The second-order valence-corrected chi connectivity index (χ2v) is 6.08. The minimum Gasteiger partial charge on any atom is -0.349 e. The van der Waals surface area contributed by atoms with Crippen LogP contribution in [0.3, 0.4) is 0 Å². The minimum atomic E-state index is 0.0233. The molecule has 0 bridgehead atoms. The fourth-order valence-corrected chi connectivity index (χ4v) is 2.93. The summed E-state index contributed by atoms with van der Waals surface area (Å²) in [6, 6.07) is 12.2. The molecule has 1 atom stereocenters. The van der Waals surface area contributed by atoms with Gasteiger partial charge < -0.3 is 5.32 Å². The first kappa shape index (κ1) is 13.4. The number of halogens is 1. The number of hydrogen-bond donors (Lipinski definition) is 1. The molecule has 2 aromatic rings. The van der Waals surface area contributed by atoms with Gasteiger partial charge in [0.1, 0.15) is 0 Å². The fraction of sp³-hybridized carbons (Fsp3) is 0.235. The summed E-state index contributed by atoms with van der Waals surface area (Å²) in [6.45, 7) is 0. The van der Waals surface area contributed by atoms with Crippen LogP contribution in [-0.4, -0.2) is 11.9 Å². The van der Waals surface area contributed by atoms with Gasteiger partial charge in [-0.1, -0.05) is 40.2 Å². The van der Waals surface area contributed by atoms with Crippen molar-refractivity contribution in [2.75, 3.05) is 0 Å². The zero-order valence-corrected chi connectivity index (χ0v) is 12.7. The molecule has 0 heterocycles. The molecule has 1 aliphatic rings. The summed E-state index contributed by atoms with van der Waals surface area (Å²) >= 11 is 3.46. The van der Waals surface area contributed by atoms with E-state index in [1.165, 1.54) is 0 Å². The van der Waals surface area contributed by atoms with Gasteiger partial charge in [0.25, 0.3) is 5.91 Å². The maximum atomic E-state index is 12.3. The van der Waals surface area contributed by atoms with Crippen LogP contribution in [0.25, 0.3) is 10.8 Å². The second-order valence-electron chi connectivity index (χ2n) is 5.16. The number of carbonyl (C=O) groups is 1. The SMILES string of the molecule is O=C(NC1CC=CCC1)c1ccc2cc(Br)ccc2c1. The van der Waals surface area contributed by atoms with Gasteiger partial charge in [-0.25, -0.2) is 0 Å². The van der Waals surface area contributed by atoms with Crippen LogP contribution < -0.4 is 5.32 Å². The smallest absolute Gasteiger partial charge is 0.251 e. The van der Waals surface area contributed by atoms with Gasteiger partial charge in [0.05, 0.1) is 0 Å². The Balaban J connectivity index is 1.80. The van der Waals surface area contributed by atoms with Crippen LogP contribution in [0.4, 0.5) is 0 Å². The zero-order chi connectivity index (χ0) is 13.9. The Hall–Kier alpha value is -1.61. The Kier molecular flexibility index (Phi) is 3.88. The van der Waals surface area contributed by atoms with E-state index in [1.807, 2.05) is 30.3 Å². The highest BCUT2D eigenvalue weighted by Gasteiger charge is 2.14. The van der Waals surface area contributed by atoms with Gasteiger partial charge in [0, 0.05) is 16.1 Å². The molecule has 0 aliphatic heterocycles. The highest BCUT2D eigenvalue weighted by atomic mass is 79.9. The van der Waals surface area contributed by atoms with Crippen molar-refractivity contribution in [3.05, 3.63) is 58.6 Å². The van der Waals surface area contributed by atoms with E-state index in [9.17, 15) is 4.79 Å². The van der Waals surface area contributed by atoms with Gasteiger partial charge in [0.15, 0.2) is 0 Å². The average molecular weight is 330 g/mol. The minimum absolute atomic E-state index is 0.0233. The molecule has 102 valence electrons. The first-order valence-electron chi connectivity index (χ1n) is 6.87. The van der Waals surface area contributed by atoms with E-state index in [4.69, 9.17) is 0 Å². The standard InChI is InChI=1S/C17H16BrNO/c18-15-9-8-12-10-14(7-6-13(12)11-15)17(20)19-16-4-2-1-3-5-16/h1-2,6-11,16H,3-5H2,(H,19,20). The van der Waals surface area contributed by atoms with E-state index < -0.39 is 0 Å². The molecule has 1 unspecified atom stereocenters. The van der Waals surface area contributed by atoms with Gasteiger partial charge >= 0.3 is 0 Å². The predicted octanol–water partition coefficient (Wildman–Crippen LogP) is 4.44. The Morgan fingerprint density at radius 1 is 1.10 bits per heavy atom. The van der Waals surface area contributed by atoms with Crippen LogP contribution in [0, 0.1) is 0 Å². The Morgan fingerprint density at radius 3 is 2.70 bits per heavy atom. The monoisotopic (exact) mass is 329 g/mol. The summed E-state index contributed by atoms with van der Waals surface area (Å²) in [5, 5.41) is 5.33. The summed E-state index contributed by atoms with van der Waals surface area (Å²) in [6.07, 6.45) is 7.34. The summed E-state index contributed by atoms with van der Waals surface area (Å²) in [5.41, 5.74) is 0.731. The van der Waals surface area contributed by atoms with E-state index in [2.05, 4.69) is 39.5 Å². The third kappa shape index (κ3) is 2.93. The van der Waals surface area contributed by atoms with Crippen molar-refractivity contribution in [1.29, 1.82) is 0 Å². The summed E-state index contributed by atoms with van der Waals surface area (Å²) in [4.78, 5) is 12.3. The van der Waals surface area contributed by atoms with E-state index in [0.29, 0.717) is 0 Å². The zero-order valence-electron chi connectivity index (χ0n) is 11.1. The van der Waals surface area contributed by atoms with Gasteiger partial charge in [-0.05, 0) is 54.3 Å². The van der Waals surface area contributed by atoms with Crippen molar-refractivity contribution in [1.82, 2.24) is 5.32 Å². The largest absolute Gasteiger partial charge is 0.349 e. The molecule has 0 saturated heterocycles. The highest BCUT2D eigenvalue weighted by molar-refractivity contribution is 9.10. The summed E-state index contributed by atoms with van der Waals surface area (Å²) in [7, 11) is 0. The Morgan fingerprint density at radius 2 is 1.90 bits per heavy atom. The number of fused-ring (bicyclic) bond motifs is 1. The number of allylic oxidation sites excluding steroid dienone is 1. The molecule has 0 spiro atoms. The molecule has 0 aromatic heterocycles. The van der Waals surface area contributed by atoms with Crippen LogP contribution >= 0.6 is 15.9 Å². The third-order valence-corrected chi connectivity index (χ3v) is 4.16. The predicted molar refractivity (Wildman–Crippen MR) is 85.9 cm³/mol. The van der Waals surface area contributed by atoms with Gasteiger partial charge in [-0.3, -0.25) is 4.79 Å². The molecule has 1 N–H and O–H groups in total. The average Bonchev–Trinajstić information content (AvgIpc) is 2.47. The van der Waals surface area contributed by atoms with Crippen molar-refractivity contribution in [2.24, 2.45) is 0 Å². The number of nitrogens with one attached hydrogen (secondary N) is 1. The van der Waals surface area contributed by atoms with Crippen molar-refractivity contribution >= 4 is 32.6 Å². The van der Waals surface area contributed by atoms with Crippen molar-refractivity contribution < 1.29 is 4.79 Å². The quantitative estimate of drug-likeness (QED) is 0.811. The molecule has 1 amide bonds. The maximum absolute atomic E-state index is 12.3. The Labute approximate surface area is 127 Å². The van der Waals surface area contributed by atoms with Gasteiger partial charge in [-0.15, -0.1) is 0 Å². The fourth-order valence-electron chi connectivity index (χ4n) is 2.55. The van der Waals surface area contributed by atoms with Crippen molar-refractivity contribution in [3.8, 4) is 0 Å². The lowest BCUT2D eigenvalue weighted by Crippen LogP contribution is -2.35. The van der Waals surface area contributed by atoms with Crippen LogP contribution in [0.5, 0.6) is 0 Å². The van der Waals surface area contributed by atoms with Gasteiger partial charge in [-0.2, -0.15) is 0 Å². The molecule has 2 nitrogen and oxygen atoms in total. The molecular weight excluding hydrogens is 314 g/mol. The second kappa shape index (κ2) is 5.80. The van der Waals surface area contributed by atoms with E-state index in [1.54, 1.807) is 0 Å². The van der Waals surface area contributed by atoms with Crippen LogP contribution in [0.15, 0.2) is 53.0 Å². The molecule has 3 heteroatoms. The number of carbonyl (C=O) groups excluding carboxylic acids is 1. The third-order valence-electron chi connectivity index (χ3n) is 3.67. The first-order chi connectivity index (χ1) is 9.72. The van der Waals surface area contributed by atoms with E-state index >= 15 is 0 Å². The topological polar surface area (TPSA) is 29.1 Å². The van der Waals surface area contributed by atoms with Crippen LogP contribution in [0.2, 0.25) is 0 Å². The molecule has 0 fully saturated rings. The molecular formula is C17H16BrNO.